The predicted molar refractivity (Wildman–Crippen MR) is 82.5 cm³/mol. The molecule has 0 radical (unpaired) electrons. The second kappa shape index (κ2) is 5.93. The van der Waals surface area contributed by atoms with E-state index in [1.807, 2.05) is 11.0 Å². The Hall–Kier alpha value is -1.75. The van der Waals surface area contributed by atoms with E-state index in [0.29, 0.717) is 23.0 Å². The molecule has 21 heavy (non-hydrogen) atoms. The molecule has 0 aliphatic carbocycles. The van der Waals surface area contributed by atoms with Crippen LogP contribution in [-0.2, 0) is 0 Å². The highest BCUT2D eigenvalue weighted by Gasteiger charge is 2.31. The van der Waals surface area contributed by atoms with Crippen LogP contribution in [-0.4, -0.2) is 55.0 Å². The molecule has 3 rings (SSSR count). The van der Waals surface area contributed by atoms with Gasteiger partial charge in [0.15, 0.2) is 0 Å². The van der Waals surface area contributed by atoms with E-state index in [9.17, 15) is 4.79 Å². The third-order valence-electron chi connectivity index (χ3n) is 4.61. The third kappa shape index (κ3) is 2.70. The van der Waals surface area contributed by atoms with Crippen molar-refractivity contribution in [2.45, 2.75) is 25.3 Å². The van der Waals surface area contributed by atoms with E-state index in [-0.39, 0.29) is 5.91 Å². The minimum Gasteiger partial charge on any atom is -0.495 e. The van der Waals surface area contributed by atoms with Gasteiger partial charge < -0.3 is 15.4 Å². The lowest BCUT2D eigenvalue weighted by atomic mass is 10.1. The fourth-order valence-electron chi connectivity index (χ4n) is 3.47. The Morgan fingerprint density at radius 2 is 2.10 bits per heavy atom. The fourth-order valence-corrected chi connectivity index (χ4v) is 3.47. The SMILES string of the molecule is COc1cccc(C(=O)N2CCCN3CCCC3C2)c1N. The first-order valence-corrected chi connectivity index (χ1v) is 7.66. The summed E-state index contributed by atoms with van der Waals surface area (Å²) in [5.74, 6) is 0.596. The number of hydrogen-bond donors (Lipinski definition) is 1. The Labute approximate surface area is 125 Å². The van der Waals surface area contributed by atoms with Crippen LogP contribution in [0.4, 0.5) is 5.69 Å². The van der Waals surface area contributed by atoms with Gasteiger partial charge in [0.25, 0.3) is 5.91 Å². The van der Waals surface area contributed by atoms with Crippen LogP contribution < -0.4 is 10.5 Å². The Balaban J connectivity index is 1.81. The molecule has 0 aromatic heterocycles. The summed E-state index contributed by atoms with van der Waals surface area (Å²) < 4.78 is 5.21. The zero-order valence-corrected chi connectivity index (χ0v) is 12.5. The first kappa shape index (κ1) is 14.2. The summed E-state index contributed by atoms with van der Waals surface area (Å²) >= 11 is 0. The van der Waals surface area contributed by atoms with Crippen LogP contribution >= 0.6 is 0 Å². The molecule has 0 bridgehead atoms. The van der Waals surface area contributed by atoms with Gasteiger partial charge in [-0.3, -0.25) is 9.69 Å². The smallest absolute Gasteiger partial charge is 0.256 e. The molecular weight excluding hydrogens is 266 g/mol. The quantitative estimate of drug-likeness (QED) is 0.840. The number of hydrogen-bond acceptors (Lipinski definition) is 4. The molecule has 2 saturated heterocycles. The topological polar surface area (TPSA) is 58.8 Å². The number of nitrogens with two attached hydrogens (primary N) is 1. The molecule has 2 aliphatic heterocycles. The standard InChI is InChI=1S/C16H23N3O2/c1-21-14-7-2-6-13(15(14)17)16(20)19-10-4-9-18-8-3-5-12(18)11-19/h2,6-7,12H,3-5,8-11,17H2,1H3. The molecule has 2 heterocycles. The van der Waals surface area contributed by atoms with E-state index in [4.69, 9.17) is 10.5 Å². The zero-order valence-electron chi connectivity index (χ0n) is 12.5. The first-order valence-electron chi connectivity index (χ1n) is 7.66. The molecular formula is C16H23N3O2. The van der Waals surface area contributed by atoms with Crippen LogP contribution in [0.25, 0.3) is 0 Å². The van der Waals surface area contributed by atoms with E-state index >= 15 is 0 Å². The lowest BCUT2D eigenvalue weighted by Crippen LogP contribution is -2.39. The maximum atomic E-state index is 12.8. The van der Waals surface area contributed by atoms with Gasteiger partial charge in [0.05, 0.1) is 18.4 Å². The molecule has 1 aromatic rings. The third-order valence-corrected chi connectivity index (χ3v) is 4.61. The highest BCUT2D eigenvalue weighted by molar-refractivity contribution is 6.00. The Bertz CT molecular complexity index is 532. The molecule has 0 spiro atoms. The molecule has 2 fully saturated rings. The van der Waals surface area contributed by atoms with Crippen LogP contribution in [0.15, 0.2) is 18.2 Å². The second-order valence-electron chi connectivity index (χ2n) is 5.86. The minimum absolute atomic E-state index is 0.0279. The average molecular weight is 289 g/mol. The highest BCUT2D eigenvalue weighted by atomic mass is 16.5. The van der Waals surface area contributed by atoms with E-state index in [1.54, 1.807) is 19.2 Å². The average Bonchev–Trinajstić information content (AvgIpc) is 2.84. The lowest BCUT2D eigenvalue weighted by molar-refractivity contribution is 0.0744. The van der Waals surface area contributed by atoms with Crippen molar-refractivity contribution in [3.63, 3.8) is 0 Å². The number of carbonyl (C=O) groups excluding carboxylic acids is 1. The molecule has 1 unspecified atom stereocenters. The number of methoxy groups -OCH3 is 1. The summed E-state index contributed by atoms with van der Waals surface area (Å²) in [7, 11) is 1.57. The number of nitrogens with zero attached hydrogens (tertiary/aromatic N) is 2. The van der Waals surface area contributed by atoms with Gasteiger partial charge >= 0.3 is 0 Å². The number of benzene rings is 1. The summed E-state index contributed by atoms with van der Waals surface area (Å²) in [5.41, 5.74) is 7.06. The summed E-state index contributed by atoms with van der Waals surface area (Å²) in [6, 6.07) is 5.91. The van der Waals surface area contributed by atoms with E-state index in [0.717, 1.165) is 26.1 Å². The molecule has 1 amide bonds. The number of carbonyl (C=O) groups is 1. The summed E-state index contributed by atoms with van der Waals surface area (Å²) in [4.78, 5) is 17.3. The number of fused-ring (bicyclic) bond motifs is 1. The fraction of sp³-hybridized carbons (Fsp3) is 0.562. The van der Waals surface area contributed by atoms with Crippen molar-refractivity contribution in [3.8, 4) is 5.75 Å². The molecule has 1 atom stereocenters. The molecule has 5 heteroatoms. The van der Waals surface area contributed by atoms with Crippen molar-refractivity contribution >= 4 is 11.6 Å². The maximum absolute atomic E-state index is 12.8. The Morgan fingerprint density at radius 3 is 2.90 bits per heavy atom. The van der Waals surface area contributed by atoms with Crippen molar-refractivity contribution in [2.24, 2.45) is 0 Å². The van der Waals surface area contributed by atoms with E-state index in [1.165, 1.54) is 19.4 Å². The number of nitrogen functional groups attached to an aromatic ring is 1. The normalized spacial score (nSPS) is 22.7. The Morgan fingerprint density at radius 1 is 1.29 bits per heavy atom. The first-order chi connectivity index (χ1) is 10.2. The van der Waals surface area contributed by atoms with Gasteiger partial charge in [-0.05, 0) is 37.9 Å². The Kier molecular flexibility index (Phi) is 4.01. The predicted octanol–water partition coefficient (Wildman–Crippen LogP) is 1.59. The molecule has 1 aromatic carbocycles. The highest BCUT2D eigenvalue weighted by Crippen LogP contribution is 2.27. The second-order valence-corrected chi connectivity index (χ2v) is 5.86. The van der Waals surface area contributed by atoms with Crippen molar-refractivity contribution in [2.75, 3.05) is 39.0 Å². The molecule has 0 saturated carbocycles. The van der Waals surface area contributed by atoms with Gasteiger partial charge in [0, 0.05) is 25.7 Å². The number of ether oxygens (including phenoxy) is 1. The van der Waals surface area contributed by atoms with Crippen molar-refractivity contribution in [1.82, 2.24) is 9.80 Å². The van der Waals surface area contributed by atoms with Crippen molar-refractivity contribution in [3.05, 3.63) is 23.8 Å². The van der Waals surface area contributed by atoms with E-state index in [2.05, 4.69) is 4.90 Å². The van der Waals surface area contributed by atoms with Gasteiger partial charge in [0.2, 0.25) is 0 Å². The van der Waals surface area contributed by atoms with Crippen LogP contribution in [0, 0.1) is 0 Å². The summed E-state index contributed by atoms with van der Waals surface area (Å²) in [6.07, 6.45) is 3.47. The number of amides is 1. The van der Waals surface area contributed by atoms with Crippen molar-refractivity contribution in [1.29, 1.82) is 0 Å². The molecule has 5 nitrogen and oxygen atoms in total. The van der Waals surface area contributed by atoms with Crippen LogP contribution in [0.1, 0.15) is 29.6 Å². The van der Waals surface area contributed by atoms with Crippen molar-refractivity contribution < 1.29 is 9.53 Å². The minimum atomic E-state index is 0.0279. The molecule has 2 aliphatic rings. The molecule has 2 N–H and O–H groups in total. The maximum Gasteiger partial charge on any atom is 0.256 e. The number of para-hydroxylation sites is 1. The zero-order chi connectivity index (χ0) is 14.8. The lowest BCUT2D eigenvalue weighted by Gasteiger charge is -2.26. The number of anilines is 1. The summed E-state index contributed by atoms with van der Waals surface area (Å²) in [6.45, 7) is 3.90. The van der Waals surface area contributed by atoms with Gasteiger partial charge in [-0.2, -0.15) is 0 Å². The van der Waals surface area contributed by atoms with Gasteiger partial charge in [-0.15, -0.1) is 0 Å². The van der Waals surface area contributed by atoms with Crippen LogP contribution in [0.3, 0.4) is 0 Å². The molecule has 114 valence electrons. The van der Waals surface area contributed by atoms with Gasteiger partial charge in [-0.25, -0.2) is 0 Å². The summed E-state index contributed by atoms with van der Waals surface area (Å²) in [5, 5.41) is 0. The van der Waals surface area contributed by atoms with Crippen LogP contribution in [0.2, 0.25) is 0 Å². The monoisotopic (exact) mass is 289 g/mol. The van der Waals surface area contributed by atoms with Crippen LogP contribution in [0.5, 0.6) is 5.75 Å². The van der Waals surface area contributed by atoms with Gasteiger partial charge in [-0.1, -0.05) is 6.07 Å². The number of rotatable bonds is 2. The van der Waals surface area contributed by atoms with Gasteiger partial charge in [0.1, 0.15) is 5.75 Å². The largest absolute Gasteiger partial charge is 0.495 e. The van der Waals surface area contributed by atoms with E-state index < -0.39 is 0 Å².